The maximum absolute atomic E-state index is 6.35. The van der Waals surface area contributed by atoms with Crippen molar-refractivity contribution in [2.45, 2.75) is 45.5 Å². The van der Waals surface area contributed by atoms with Gasteiger partial charge in [-0.3, -0.25) is 0 Å². The molecule has 1 aliphatic heterocycles. The van der Waals surface area contributed by atoms with Gasteiger partial charge >= 0.3 is 0 Å². The quantitative estimate of drug-likeness (QED) is 0.582. The molecule has 9 heteroatoms. The van der Waals surface area contributed by atoms with Crippen molar-refractivity contribution in [2.75, 3.05) is 31.2 Å². The number of imidazole rings is 1. The zero-order chi connectivity index (χ0) is 19.1. The maximum Gasteiger partial charge on any atom is 0.226 e. The average molecular weight is 398 g/mol. The molecule has 0 unspecified atom stereocenters. The van der Waals surface area contributed by atoms with Gasteiger partial charge in [0.1, 0.15) is 5.82 Å². The number of morpholine rings is 1. The van der Waals surface area contributed by atoms with Crippen molar-refractivity contribution in [3.63, 3.8) is 0 Å². The van der Waals surface area contributed by atoms with Crippen molar-refractivity contribution >= 4 is 36.9 Å². The summed E-state index contributed by atoms with van der Waals surface area (Å²) in [5.41, 5.74) is 1.51. The Morgan fingerprint density at radius 2 is 1.81 bits per heavy atom. The Morgan fingerprint density at radius 1 is 1.15 bits per heavy atom. The summed E-state index contributed by atoms with van der Waals surface area (Å²) in [7, 11) is 0.0918. The molecule has 0 atom stereocenters. The van der Waals surface area contributed by atoms with E-state index < -0.39 is 8.32 Å². The maximum atomic E-state index is 6.35. The number of ether oxygens (including phenoxy) is 1. The average Bonchev–Trinajstić information content (AvgIpc) is 2.88. The van der Waals surface area contributed by atoms with Crippen LogP contribution in [0, 0.1) is 0 Å². The van der Waals surface area contributed by atoms with Crippen LogP contribution in [0.3, 0.4) is 0 Å². The van der Waals surface area contributed by atoms with Crippen LogP contribution in [0.2, 0.25) is 23.4 Å². The van der Waals surface area contributed by atoms with Crippen molar-refractivity contribution in [3.05, 3.63) is 11.1 Å². The molecule has 0 spiro atoms. The minimum atomic E-state index is -1.86. The molecule has 26 heavy (non-hydrogen) atoms. The Hall–Kier alpha value is -1.22. The van der Waals surface area contributed by atoms with Crippen molar-refractivity contribution in [1.82, 2.24) is 19.5 Å². The van der Waals surface area contributed by atoms with Crippen molar-refractivity contribution in [2.24, 2.45) is 7.05 Å². The first kappa shape index (κ1) is 19.5. The fourth-order valence-corrected chi connectivity index (χ4v) is 3.74. The van der Waals surface area contributed by atoms with Gasteiger partial charge in [0.2, 0.25) is 5.28 Å². The molecule has 1 aliphatic rings. The summed E-state index contributed by atoms with van der Waals surface area (Å²) in [4.78, 5) is 15.8. The molecule has 144 valence electrons. The fourth-order valence-electron chi connectivity index (χ4n) is 2.65. The van der Waals surface area contributed by atoms with Crippen LogP contribution in [0.15, 0.2) is 0 Å². The number of halogens is 1. The smallest absolute Gasteiger partial charge is 0.226 e. The number of rotatable bonds is 4. The minimum absolute atomic E-state index is 0.152. The summed E-state index contributed by atoms with van der Waals surface area (Å²) in [5, 5.41) is 0.387. The molecule has 1 fully saturated rings. The van der Waals surface area contributed by atoms with E-state index in [0.717, 1.165) is 35.9 Å². The summed E-state index contributed by atoms with van der Waals surface area (Å²) in [6, 6.07) is 0. The molecule has 0 aliphatic carbocycles. The van der Waals surface area contributed by atoms with Gasteiger partial charge in [-0.05, 0) is 29.7 Å². The highest BCUT2D eigenvalue weighted by atomic mass is 35.5. The topological polar surface area (TPSA) is 65.3 Å². The standard InChI is InChI=1S/C17H28ClN5O2Si/c1-17(2,3)26(5,6)25-11-12-19-13-14(22(12)4)20-16(18)21-15(13)23-7-9-24-10-8-23/h7-11H2,1-6H3. The third-order valence-corrected chi connectivity index (χ3v) is 10.1. The second-order valence-electron chi connectivity index (χ2n) is 8.22. The summed E-state index contributed by atoms with van der Waals surface area (Å²) in [6.45, 7) is 14.5. The van der Waals surface area contributed by atoms with Gasteiger partial charge in [0.15, 0.2) is 25.3 Å². The van der Waals surface area contributed by atoms with E-state index in [2.05, 4.69) is 48.7 Å². The van der Waals surface area contributed by atoms with Crippen LogP contribution >= 0.6 is 11.6 Å². The molecule has 0 bridgehead atoms. The molecular formula is C17H28ClN5O2Si. The molecule has 0 saturated carbocycles. The molecule has 2 aromatic heterocycles. The lowest BCUT2D eigenvalue weighted by Crippen LogP contribution is -2.40. The van der Waals surface area contributed by atoms with E-state index in [1.165, 1.54) is 0 Å². The number of anilines is 1. The van der Waals surface area contributed by atoms with Gasteiger partial charge in [-0.25, -0.2) is 4.98 Å². The largest absolute Gasteiger partial charge is 0.409 e. The second kappa shape index (κ2) is 7.07. The Kier molecular flexibility index (Phi) is 5.31. The second-order valence-corrected chi connectivity index (χ2v) is 13.4. The molecule has 1 saturated heterocycles. The van der Waals surface area contributed by atoms with Gasteiger partial charge < -0.3 is 18.6 Å². The van der Waals surface area contributed by atoms with Gasteiger partial charge in [0.25, 0.3) is 0 Å². The molecule has 3 rings (SSSR count). The summed E-state index contributed by atoms with van der Waals surface area (Å²) < 4.78 is 13.7. The SMILES string of the molecule is Cn1c(CO[Si](C)(C)C(C)(C)C)nc2c(N3CCOCC3)nc(Cl)nc21. The van der Waals surface area contributed by atoms with E-state index in [9.17, 15) is 0 Å². The summed E-state index contributed by atoms with van der Waals surface area (Å²) in [5.74, 6) is 1.62. The van der Waals surface area contributed by atoms with Crippen LogP contribution in [0.1, 0.15) is 26.6 Å². The van der Waals surface area contributed by atoms with E-state index in [4.69, 9.17) is 25.7 Å². The first-order valence-corrected chi connectivity index (χ1v) is 12.2. The normalized spacial score (nSPS) is 16.5. The lowest BCUT2D eigenvalue weighted by molar-refractivity contribution is 0.122. The van der Waals surface area contributed by atoms with Crippen LogP contribution in [0.5, 0.6) is 0 Å². The van der Waals surface area contributed by atoms with Crippen LogP contribution in [0.25, 0.3) is 11.2 Å². The Labute approximate surface area is 160 Å². The van der Waals surface area contributed by atoms with Gasteiger partial charge in [0, 0.05) is 20.1 Å². The lowest BCUT2D eigenvalue weighted by Gasteiger charge is -2.35. The Bertz CT molecular complexity index is 797. The van der Waals surface area contributed by atoms with Gasteiger partial charge in [-0.2, -0.15) is 9.97 Å². The zero-order valence-corrected chi connectivity index (χ0v) is 18.2. The number of hydrogen-bond acceptors (Lipinski definition) is 6. The van der Waals surface area contributed by atoms with E-state index in [-0.39, 0.29) is 10.3 Å². The lowest BCUT2D eigenvalue weighted by atomic mass is 10.2. The van der Waals surface area contributed by atoms with Gasteiger partial charge in [0.05, 0.1) is 19.8 Å². The van der Waals surface area contributed by atoms with Gasteiger partial charge in [-0.1, -0.05) is 20.8 Å². The summed E-state index contributed by atoms with van der Waals surface area (Å²) >= 11 is 6.19. The number of fused-ring (bicyclic) bond motifs is 1. The van der Waals surface area contributed by atoms with Crippen LogP contribution in [-0.4, -0.2) is 54.1 Å². The zero-order valence-electron chi connectivity index (χ0n) is 16.5. The molecular weight excluding hydrogens is 370 g/mol. The molecule has 0 N–H and O–H groups in total. The third-order valence-electron chi connectivity index (χ3n) is 5.44. The first-order valence-electron chi connectivity index (χ1n) is 8.95. The Morgan fingerprint density at radius 3 is 2.42 bits per heavy atom. The molecule has 0 aromatic carbocycles. The molecule has 0 radical (unpaired) electrons. The van der Waals surface area contributed by atoms with Crippen molar-refractivity contribution in [3.8, 4) is 0 Å². The molecule has 3 heterocycles. The number of hydrogen-bond donors (Lipinski definition) is 0. The van der Waals surface area contributed by atoms with E-state index >= 15 is 0 Å². The molecule has 7 nitrogen and oxygen atoms in total. The van der Waals surface area contributed by atoms with E-state index in [0.29, 0.717) is 19.8 Å². The minimum Gasteiger partial charge on any atom is -0.409 e. The predicted octanol–water partition coefficient (Wildman–Crippen LogP) is 3.38. The predicted molar refractivity (Wildman–Crippen MR) is 106 cm³/mol. The van der Waals surface area contributed by atoms with Crippen LogP contribution < -0.4 is 4.90 Å². The highest BCUT2D eigenvalue weighted by Crippen LogP contribution is 2.37. The van der Waals surface area contributed by atoms with Gasteiger partial charge in [-0.15, -0.1) is 0 Å². The number of aromatic nitrogens is 4. The highest BCUT2D eigenvalue weighted by Gasteiger charge is 2.37. The summed E-state index contributed by atoms with van der Waals surface area (Å²) in [6.07, 6.45) is 0. The van der Waals surface area contributed by atoms with Crippen LogP contribution in [0.4, 0.5) is 5.82 Å². The van der Waals surface area contributed by atoms with E-state index in [1.807, 2.05) is 11.6 Å². The Balaban J connectivity index is 1.94. The number of nitrogens with zero attached hydrogens (tertiary/aromatic N) is 5. The third kappa shape index (κ3) is 3.74. The van der Waals surface area contributed by atoms with E-state index in [1.54, 1.807) is 0 Å². The van der Waals surface area contributed by atoms with Crippen LogP contribution in [-0.2, 0) is 22.8 Å². The van der Waals surface area contributed by atoms with Crippen molar-refractivity contribution < 1.29 is 9.16 Å². The fraction of sp³-hybridized carbons (Fsp3) is 0.706. The van der Waals surface area contributed by atoms with Crippen molar-refractivity contribution in [1.29, 1.82) is 0 Å². The monoisotopic (exact) mass is 397 g/mol. The molecule has 2 aromatic rings. The highest BCUT2D eigenvalue weighted by molar-refractivity contribution is 6.74. The first-order chi connectivity index (χ1) is 12.1. The molecule has 0 amide bonds. The number of aryl methyl sites for hydroxylation is 1.